The first-order valence-corrected chi connectivity index (χ1v) is 14.3. The standard InChI is InChI=1S/C18H22N4O.C11H14N2O.C2H6/c1-13-19-10-15-4-3-5-16(17(15)20-13)22-9-7-18(12-22)6-8-21(11-18)14(2)23;1-9-2-3-10(4-12-9)13-5-11(6-13)7-14-8-11;1-2/h3-5,10H,6-9,11-12H2,1-2H3;2-4H,5-8H2,1H3;1-2H3. The van der Waals surface area contributed by atoms with Crippen molar-refractivity contribution in [2.75, 3.05) is 62.3 Å². The number of rotatable bonds is 2. The molecule has 8 nitrogen and oxygen atoms in total. The number of aryl methyl sites for hydroxylation is 2. The van der Waals surface area contributed by atoms with E-state index < -0.39 is 0 Å². The fourth-order valence-corrected chi connectivity index (χ4v) is 6.23. The largest absolute Gasteiger partial charge is 0.380 e. The van der Waals surface area contributed by atoms with Crippen LogP contribution in [0.5, 0.6) is 0 Å². The number of hydrogen-bond donors (Lipinski definition) is 0. The lowest BCUT2D eigenvalue weighted by atomic mass is 9.78. The number of carbonyl (C=O) groups excluding carboxylic acids is 1. The van der Waals surface area contributed by atoms with Crippen molar-refractivity contribution >= 4 is 28.2 Å². The maximum atomic E-state index is 11.6. The number of nitrogens with zero attached hydrogens (tertiary/aromatic N) is 6. The summed E-state index contributed by atoms with van der Waals surface area (Å²) in [6.07, 6.45) is 6.13. The summed E-state index contributed by atoms with van der Waals surface area (Å²) < 4.78 is 5.24. The van der Waals surface area contributed by atoms with E-state index in [0.717, 1.165) is 87.7 Å². The van der Waals surface area contributed by atoms with Gasteiger partial charge in [0.1, 0.15) is 5.82 Å². The Morgan fingerprint density at radius 1 is 0.872 bits per heavy atom. The van der Waals surface area contributed by atoms with Crippen molar-refractivity contribution in [3.8, 4) is 0 Å². The molecule has 8 heteroatoms. The third-order valence-electron chi connectivity index (χ3n) is 8.50. The second kappa shape index (κ2) is 11.1. The summed E-state index contributed by atoms with van der Waals surface area (Å²) in [7, 11) is 0. The van der Waals surface area contributed by atoms with Gasteiger partial charge in [-0.2, -0.15) is 0 Å². The molecule has 0 radical (unpaired) electrons. The Hall–Kier alpha value is -3.26. The smallest absolute Gasteiger partial charge is 0.219 e. The van der Waals surface area contributed by atoms with E-state index in [4.69, 9.17) is 4.74 Å². The van der Waals surface area contributed by atoms with E-state index in [1.807, 2.05) is 45.0 Å². The van der Waals surface area contributed by atoms with Crippen LogP contribution in [0, 0.1) is 24.7 Å². The number of benzene rings is 1. The zero-order valence-electron chi connectivity index (χ0n) is 24.1. The minimum absolute atomic E-state index is 0.203. The Kier molecular flexibility index (Phi) is 7.76. The summed E-state index contributed by atoms with van der Waals surface area (Å²) in [5.41, 5.74) is 5.31. The van der Waals surface area contributed by atoms with Crippen molar-refractivity contribution in [2.24, 2.45) is 10.8 Å². The van der Waals surface area contributed by atoms with E-state index in [9.17, 15) is 4.79 Å². The van der Waals surface area contributed by atoms with Crippen molar-refractivity contribution in [1.82, 2.24) is 19.9 Å². The number of amides is 1. The molecule has 2 spiro atoms. The van der Waals surface area contributed by atoms with Gasteiger partial charge in [0.25, 0.3) is 0 Å². The highest BCUT2D eigenvalue weighted by Crippen LogP contribution is 2.42. The summed E-state index contributed by atoms with van der Waals surface area (Å²) in [6.45, 7) is 17.6. The molecule has 3 aromatic rings. The SMILES string of the molecule is CC.CC(=O)N1CCC2(CCN(c3cccc4cnc(C)nc34)C2)C1.Cc1ccc(N2CC3(COC3)C2)cn1. The van der Waals surface area contributed by atoms with E-state index >= 15 is 0 Å². The Labute approximate surface area is 232 Å². The second-order valence-electron chi connectivity index (χ2n) is 11.5. The van der Waals surface area contributed by atoms with Crippen molar-refractivity contribution in [3.05, 3.63) is 54.2 Å². The van der Waals surface area contributed by atoms with Crippen LogP contribution in [0.3, 0.4) is 0 Å². The summed E-state index contributed by atoms with van der Waals surface area (Å²) in [6, 6.07) is 10.5. The van der Waals surface area contributed by atoms with Crippen LogP contribution in [0.15, 0.2) is 42.7 Å². The number of anilines is 2. The topological polar surface area (TPSA) is 74.7 Å². The van der Waals surface area contributed by atoms with Crippen LogP contribution in [0.2, 0.25) is 0 Å². The molecule has 0 N–H and O–H groups in total. The number of para-hydroxylation sites is 1. The molecule has 6 heterocycles. The van der Waals surface area contributed by atoms with Gasteiger partial charge in [-0.05, 0) is 44.9 Å². The average Bonchev–Trinajstić information content (AvgIpc) is 3.51. The molecular weight excluding hydrogens is 488 g/mol. The predicted molar refractivity (Wildman–Crippen MR) is 156 cm³/mol. The van der Waals surface area contributed by atoms with E-state index in [2.05, 4.69) is 55.1 Å². The number of hydrogen-bond acceptors (Lipinski definition) is 7. The maximum absolute atomic E-state index is 11.6. The predicted octanol–water partition coefficient (Wildman–Crippen LogP) is 4.64. The summed E-state index contributed by atoms with van der Waals surface area (Å²) >= 11 is 0. The van der Waals surface area contributed by atoms with Gasteiger partial charge < -0.3 is 19.4 Å². The first kappa shape index (κ1) is 27.3. The number of ether oxygens (including phenoxy) is 1. The van der Waals surface area contributed by atoms with Gasteiger partial charge in [-0.25, -0.2) is 9.97 Å². The molecule has 1 amide bonds. The highest BCUT2D eigenvalue weighted by atomic mass is 16.5. The molecule has 2 aromatic heterocycles. The zero-order valence-corrected chi connectivity index (χ0v) is 24.1. The molecule has 4 aliphatic rings. The molecule has 4 fully saturated rings. The number of aromatic nitrogens is 3. The minimum atomic E-state index is 0.203. The molecule has 1 aromatic carbocycles. The van der Waals surface area contributed by atoms with E-state index in [0.29, 0.717) is 5.41 Å². The highest BCUT2D eigenvalue weighted by Gasteiger charge is 2.49. The third-order valence-corrected chi connectivity index (χ3v) is 8.50. The Morgan fingerprint density at radius 3 is 2.26 bits per heavy atom. The molecular formula is C31H42N6O2. The van der Waals surface area contributed by atoms with Crippen LogP contribution in [-0.4, -0.2) is 78.2 Å². The van der Waals surface area contributed by atoms with Crippen LogP contribution in [0.1, 0.15) is 45.1 Å². The molecule has 208 valence electrons. The Balaban J connectivity index is 0.000000164. The number of likely N-dealkylation sites (tertiary alicyclic amines) is 1. The van der Waals surface area contributed by atoms with Crippen molar-refractivity contribution < 1.29 is 9.53 Å². The van der Waals surface area contributed by atoms with Crippen LogP contribution in [0.25, 0.3) is 10.9 Å². The number of pyridine rings is 1. The Morgan fingerprint density at radius 2 is 1.62 bits per heavy atom. The van der Waals surface area contributed by atoms with Crippen LogP contribution >= 0.6 is 0 Å². The molecule has 0 bridgehead atoms. The number of carbonyl (C=O) groups is 1. The molecule has 1 atom stereocenters. The highest BCUT2D eigenvalue weighted by molar-refractivity contribution is 5.90. The quantitative estimate of drug-likeness (QED) is 0.478. The van der Waals surface area contributed by atoms with Gasteiger partial charge in [-0.1, -0.05) is 26.0 Å². The number of fused-ring (bicyclic) bond motifs is 1. The lowest BCUT2D eigenvalue weighted by Crippen LogP contribution is -2.66. The second-order valence-corrected chi connectivity index (χ2v) is 11.5. The van der Waals surface area contributed by atoms with Crippen LogP contribution in [-0.2, 0) is 9.53 Å². The van der Waals surface area contributed by atoms with Crippen LogP contribution in [0.4, 0.5) is 11.4 Å². The molecule has 4 saturated heterocycles. The fraction of sp³-hybridized carbons (Fsp3) is 0.548. The van der Waals surface area contributed by atoms with Crippen molar-refractivity contribution in [2.45, 2.75) is 47.5 Å². The molecule has 0 aliphatic carbocycles. The van der Waals surface area contributed by atoms with Gasteiger partial charge in [0.15, 0.2) is 0 Å². The average molecular weight is 531 g/mol. The molecule has 0 saturated carbocycles. The van der Waals surface area contributed by atoms with E-state index in [1.54, 1.807) is 6.92 Å². The first-order valence-electron chi connectivity index (χ1n) is 14.3. The van der Waals surface area contributed by atoms with Gasteiger partial charge >= 0.3 is 0 Å². The van der Waals surface area contributed by atoms with Gasteiger partial charge in [0.05, 0.1) is 41.7 Å². The normalized spacial score (nSPS) is 22.6. The summed E-state index contributed by atoms with van der Waals surface area (Å²) in [4.78, 5) is 31.7. The lowest BCUT2D eigenvalue weighted by molar-refractivity contribution is -0.128. The van der Waals surface area contributed by atoms with E-state index in [1.165, 1.54) is 11.4 Å². The lowest BCUT2D eigenvalue weighted by Gasteiger charge is -2.55. The maximum Gasteiger partial charge on any atom is 0.219 e. The van der Waals surface area contributed by atoms with Gasteiger partial charge in [-0.3, -0.25) is 9.78 Å². The van der Waals surface area contributed by atoms with Crippen LogP contribution < -0.4 is 9.80 Å². The third kappa shape index (κ3) is 5.57. The molecule has 39 heavy (non-hydrogen) atoms. The summed E-state index contributed by atoms with van der Waals surface area (Å²) in [5, 5.41) is 1.09. The molecule has 1 unspecified atom stereocenters. The summed E-state index contributed by atoms with van der Waals surface area (Å²) in [5.74, 6) is 1.01. The Bertz CT molecular complexity index is 1300. The monoisotopic (exact) mass is 530 g/mol. The van der Waals surface area contributed by atoms with Gasteiger partial charge in [0.2, 0.25) is 5.91 Å². The fourth-order valence-electron chi connectivity index (χ4n) is 6.23. The molecule has 4 aliphatic heterocycles. The van der Waals surface area contributed by atoms with Gasteiger partial charge in [0, 0.05) is 68.9 Å². The minimum Gasteiger partial charge on any atom is -0.380 e. The van der Waals surface area contributed by atoms with Gasteiger partial charge in [-0.15, -0.1) is 0 Å². The first-order chi connectivity index (χ1) is 18.8. The van der Waals surface area contributed by atoms with Crippen molar-refractivity contribution in [3.63, 3.8) is 0 Å². The zero-order chi connectivity index (χ0) is 27.6. The molecule has 7 rings (SSSR count). The van der Waals surface area contributed by atoms with E-state index in [-0.39, 0.29) is 11.3 Å². The van der Waals surface area contributed by atoms with Crippen molar-refractivity contribution in [1.29, 1.82) is 0 Å².